The first-order chi connectivity index (χ1) is 6.80. The molecule has 14 heavy (non-hydrogen) atoms. The Morgan fingerprint density at radius 1 is 1.57 bits per heavy atom. The second-order valence-corrected chi connectivity index (χ2v) is 3.08. The Kier molecular flexibility index (Phi) is 3.92. The molecule has 0 aliphatic rings. The van der Waals surface area contributed by atoms with Gasteiger partial charge in [-0.2, -0.15) is 5.10 Å². The van der Waals surface area contributed by atoms with Crippen LogP contribution in [0, 0.1) is 0 Å². The number of hydrogen-bond acceptors (Lipinski definition) is 1. The largest absolute Gasteiger partial charge is 0.268 e. The molecule has 1 aromatic rings. The highest BCUT2D eigenvalue weighted by Crippen LogP contribution is 2.03. The van der Waals surface area contributed by atoms with Gasteiger partial charge in [-0.25, -0.2) is 0 Å². The van der Waals surface area contributed by atoms with Crippen LogP contribution < -0.4 is 0 Å². The first-order valence-corrected chi connectivity index (χ1v) is 4.75. The first-order valence-electron chi connectivity index (χ1n) is 4.75. The van der Waals surface area contributed by atoms with E-state index in [2.05, 4.69) is 31.4 Å². The summed E-state index contributed by atoms with van der Waals surface area (Å²) >= 11 is 0. The molecule has 1 rings (SSSR count). The summed E-state index contributed by atoms with van der Waals surface area (Å²) in [6.07, 6.45) is 10.5. The predicted molar refractivity (Wildman–Crippen MR) is 60.1 cm³/mol. The van der Waals surface area contributed by atoms with Gasteiger partial charge < -0.3 is 0 Å². The molecule has 0 saturated heterocycles. The summed E-state index contributed by atoms with van der Waals surface area (Å²) in [4.78, 5) is 0. The third-order valence-electron chi connectivity index (χ3n) is 2.03. The van der Waals surface area contributed by atoms with Crippen molar-refractivity contribution in [3.8, 4) is 0 Å². The van der Waals surface area contributed by atoms with E-state index in [1.165, 1.54) is 5.56 Å². The van der Waals surface area contributed by atoms with Crippen LogP contribution in [-0.2, 0) is 13.0 Å². The summed E-state index contributed by atoms with van der Waals surface area (Å²) in [5.41, 5.74) is 2.37. The van der Waals surface area contributed by atoms with Gasteiger partial charge in [-0.1, -0.05) is 38.3 Å². The number of rotatable bonds is 5. The van der Waals surface area contributed by atoms with Crippen LogP contribution in [0.25, 0.3) is 0 Å². The van der Waals surface area contributed by atoms with Gasteiger partial charge in [0.1, 0.15) is 0 Å². The van der Waals surface area contributed by atoms with E-state index in [1.54, 1.807) is 6.08 Å². The lowest BCUT2D eigenvalue weighted by Gasteiger charge is -2.00. The van der Waals surface area contributed by atoms with Crippen molar-refractivity contribution in [2.45, 2.75) is 19.9 Å². The van der Waals surface area contributed by atoms with E-state index in [4.69, 9.17) is 0 Å². The Bertz CT molecular complexity index is 345. The number of aryl methyl sites for hydroxylation is 1. The quantitative estimate of drug-likeness (QED) is 0.650. The molecule has 2 heteroatoms. The second kappa shape index (κ2) is 5.22. The molecule has 0 saturated carbocycles. The first kappa shape index (κ1) is 10.5. The van der Waals surface area contributed by atoms with E-state index >= 15 is 0 Å². The summed E-state index contributed by atoms with van der Waals surface area (Å²) in [5.74, 6) is 0. The minimum atomic E-state index is 0.759. The highest BCUT2D eigenvalue weighted by molar-refractivity contribution is 5.21. The average molecular weight is 188 g/mol. The minimum absolute atomic E-state index is 0.759. The van der Waals surface area contributed by atoms with Crippen molar-refractivity contribution in [1.29, 1.82) is 0 Å². The highest BCUT2D eigenvalue weighted by atomic mass is 15.3. The zero-order valence-corrected chi connectivity index (χ0v) is 8.61. The van der Waals surface area contributed by atoms with Gasteiger partial charge in [-0.05, 0) is 17.6 Å². The molecule has 1 aromatic heterocycles. The number of hydrogen-bond donors (Lipinski definition) is 0. The van der Waals surface area contributed by atoms with E-state index in [1.807, 2.05) is 23.0 Å². The molecule has 0 amide bonds. The fourth-order valence-corrected chi connectivity index (χ4v) is 1.20. The number of allylic oxidation sites excluding steroid dienone is 4. The van der Waals surface area contributed by atoms with Crippen LogP contribution in [0.15, 0.2) is 49.4 Å². The van der Waals surface area contributed by atoms with Crippen LogP contribution in [0.1, 0.15) is 12.5 Å². The molecule has 0 spiro atoms. The topological polar surface area (TPSA) is 17.8 Å². The fourth-order valence-electron chi connectivity index (χ4n) is 1.20. The van der Waals surface area contributed by atoms with Crippen molar-refractivity contribution < 1.29 is 0 Å². The molecule has 0 fully saturated rings. The molecule has 0 atom stereocenters. The maximum atomic E-state index is 4.25. The Labute approximate surface area is 85.3 Å². The molecule has 0 radical (unpaired) electrons. The van der Waals surface area contributed by atoms with Crippen molar-refractivity contribution in [1.82, 2.24) is 9.78 Å². The average Bonchev–Trinajstić information content (AvgIpc) is 2.65. The molecule has 0 aliphatic carbocycles. The van der Waals surface area contributed by atoms with Gasteiger partial charge in [0.25, 0.3) is 0 Å². The molecule has 0 aliphatic heterocycles. The summed E-state index contributed by atoms with van der Waals surface area (Å²) < 4.78 is 1.91. The summed E-state index contributed by atoms with van der Waals surface area (Å²) in [5, 5.41) is 4.25. The van der Waals surface area contributed by atoms with Crippen molar-refractivity contribution in [2.24, 2.45) is 0 Å². The summed E-state index contributed by atoms with van der Waals surface area (Å²) in [7, 11) is 0. The van der Waals surface area contributed by atoms with Crippen LogP contribution in [0.3, 0.4) is 0 Å². The van der Waals surface area contributed by atoms with Crippen molar-refractivity contribution >= 4 is 0 Å². The molecular formula is C12H16N2. The monoisotopic (exact) mass is 188 g/mol. The number of aromatic nitrogens is 2. The molecule has 0 N–H and O–H groups in total. The maximum Gasteiger partial charge on any atom is 0.0659 e. The third kappa shape index (κ3) is 2.73. The highest BCUT2D eigenvalue weighted by Gasteiger charge is 1.97. The molecule has 74 valence electrons. The lowest BCUT2D eigenvalue weighted by Crippen LogP contribution is -1.99. The molecule has 0 unspecified atom stereocenters. The van der Waals surface area contributed by atoms with Crippen molar-refractivity contribution in [3.05, 3.63) is 54.9 Å². The smallest absolute Gasteiger partial charge is 0.0659 e. The van der Waals surface area contributed by atoms with Gasteiger partial charge in [-0.3, -0.25) is 4.68 Å². The van der Waals surface area contributed by atoms with Crippen LogP contribution >= 0.6 is 0 Å². The Hall–Kier alpha value is -1.57. The maximum absolute atomic E-state index is 4.25. The predicted octanol–water partition coefficient (Wildman–Crippen LogP) is 2.74. The minimum Gasteiger partial charge on any atom is -0.268 e. The Balaban J connectivity index is 2.71. The van der Waals surface area contributed by atoms with Crippen LogP contribution in [0.5, 0.6) is 0 Å². The van der Waals surface area contributed by atoms with Crippen LogP contribution in [-0.4, -0.2) is 9.78 Å². The zero-order valence-electron chi connectivity index (χ0n) is 8.61. The van der Waals surface area contributed by atoms with E-state index in [0.29, 0.717) is 0 Å². The normalized spacial score (nSPS) is 11.4. The SMILES string of the molecule is C=C/C=C(\C=C)Cn1cc(CC)cn1. The van der Waals surface area contributed by atoms with Crippen LogP contribution in [0.2, 0.25) is 0 Å². The molecule has 1 heterocycles. The Morgan fingerprint density at radius 3 is 2.86 bits per heavy atom. The third-order valence-corrected chi connectivity index (χ3v) is 2.03. The van der Waals surface area contributed by atoms with Gasteiger partial charge in [0.05, 0.1) is 12.7 Å². The van der Waals surface area contributed by atoms with E-state index in [0.717, 1.165) is 18.5 Å². The van der Waals surface area contributed by atoms with E-state index in [-0.39, 0.29) is 0 Å². The van der Waals surface area contributed by atoms with Gasteiger partial charge in [-0.15, -0.1) is 0 Å². The molecule has 0 aromatic carbocycles. The zero-order chi connectivity index (χ0) is 10.4. The second-order valence-electron chi connectivity index (χ2n) is 3.08. The van der Waals surface area contributed by atoms with Gasteiger partial charge in [0.2, 0.25) is 0 Å². The molecule has 0 bridgehead atoms. The van der Waals surface area contributed by atoms with Crippen molar-refractivity contribution in [3.63, 3.8) is 0 Å². The van der Waals surface area contributed by atoms with Gasteiger partial charge >= 0.3 is 0 Å². The summed E-state index contributed by atoms with van der Waals surface area (Å²) in [6.45, 7) is 10.3. The van der Waals surface area contributed by atoms with Gasteiger partial charge in [0.15, 0.2) is 0 Å². The standard InChI is InChI=1S/C12H16N2/c1-4-7-11(5-2)9-14-10-12(6-3)8-13-14/h4-5,7-8,10H,1-2,6,9H2,3H3/b11-7+. The summed E-state index contributed by atoms with van der Waals surface area (Å²) in [6, 6.07) is 0. The lowest BCUT2D eigenvalue weighted by atomic mass is 10.2. The van der Waals surface area contributed by atoms with Crippen LogP contribution in [0.4, 0.5) is 0 Å². The van der Waals surface area contributed by atoms with Gasteiger partial charge in [0, 0.05) is 6.20 Å². The van der Waals surface area contributed by atoms with E-state index in [9.17, 15) is 0 Å². The number of nitrogens with zero attached hydrogens (tertiary/aromatic N) is 2. The molecule has 2 nitrogen and oxygen atoms in total. The van der Waals surface area contributed by atoms with E-state index < -0.39 is 0 Å². The van der Waals surface area contributed by atoms with Crippen molar-refractivity contribution in [2.75, 3.05) is 0 Å². The lowest BCUT2D eigenvalue weighted by molar-refractivity contribution is 0.685. The fraction of sp³-hybridized carbons (Fsp3) is 0.250. The molecular weight excluding hydrogens is 172 g/mol. The Morgan fingerprint density at radius 2 is 2.36 bits per heavy atom.